The Bertz CT molecular complexity index is 394. The third kappa shape index (κ3) is 4.92. The topological polar surface area (TPSA) is 88.5 Å². The lowest BCUT2D eigenvalue weighted by molar-refractivity contribution is -0.142. The zero-order valence-electron chi connectivity index (χ0n) is 10.1. The van der Waals surface area contributed by atoms with Crippen LogP contribution in [-0.4, -0.2) is 41.7 Å². The maximum atomic E-state index is 11.6. The van der Waals surface area contributed by atoms with E-state index in [9.17, 15) is 9.59 Å². The molecule has 6 nitrogen and oxygen atoms in total. The first-order valence-corrected chi connectivity index (χ1v) is 5.54. The Labute approximate surface area is 105 Å². The van der Waals surface area contributed by atoms with Gasteiger partial charge in [0.15, 0.2) is 0 Å². The lowest BCUT2D eigenvalue weighted by Crippen LogP contribution is -2.42. The van der Waals surface area contributed by atoms with Crippen molar-refractivity contribution in [3.63, 3.8) is 0 Å². The molecule has 2 N–H and O–H groups in total. The Hall–Kier alpha value is -1.95. The lowest BCUT2D eigenvalue weighted by Gasteiger charge is -2.13. The average molecular weight is 252 g/mol. The maximum Gasteiger partial charge on any atom is 0.326 e. The normalized spacial score (nSPS) is 11.8. The molecule has 0 radical (unpaired) electrons. The fraction of sp³-hybridized carbons (Fsp3) is 0.417. The molecule has 1 heterocycles. The van der Waals surface area contributed by atoms with E-state index in [1.54, 1.807) is 24.4 Å². The molecule has 1 unspecified atom stereocenters. The van der Waals surface area contributed by atoms with Gasteiger partial charge in [-0.2, -0.15) is 0 Å². The highest BCUT2D eigenvalue weighted by atomic mass is 16.5. The molecule has 1 aromatic rings. The van der Waals surface area contributed by atoms with E-state index >= 15 is 0 Å². The van der Waals surface area contributed by atoms with Crippen LogP contribution in [0.4, 0.5) is 0 Å². The van der Waals surface area contributed by atoms with Crippen molar-refractivity contribution >= 4 is 11.9 Å². The van der Waals surface area contributed by atoms with Crippen molar-refractivity contribution < 1.29 is 19.4 Å². The Morgan fingerprint density at radius 2 is 2.28 bits per heavy atom. The molecular formula is C12H16N2O4. The third-order valence-electron chi connectivity index (χ3n) is 2.31. The van der Waals surface area contributed by atoms with Crippen LogP contribution in [0.25, 0.3) is 0 Å². The van der Waals surface area contributed by atoms with Crippen molar-refractivity contribution in [1.82, 2.24) is 10.3 Å². The fourth-order valence-electron chi connectivity index (χ4n) is 1.41. The van der Waals surface area contributed by atoms with Gasteiger partial charge in [0.05, 0.1) is 6.42 Å². The molecule has 1 atom stereocenters. The van der Waals surface area contributed by atoms with Gasteiger partial charge in [0.1, 0.15) is 6.04 Å². The van der Waals surface area contributed by atoms with Gasteiger partial charge in [0.2, 0.25) is 5.91 Å². The van der Waals surface area contributed by atoms with Gasteiger partial charge in [-0.25, -0.2) is 4.79 Å². The Balaban J connectivity index is 2.48. The van der Waals surface area contributed by atoms with E-state index in [0.29, 0.717) is 5.69 Å². The standard InChI is InChI=1S/C12H16N2O4/c1-18-7-5-10(12(16)17)14-11(15)8-9-4-2-3-6-13-9/h2-4,6,10H,5,7-8H2,1H3,(H,14,15)(H,16,17). The van der Waals surface area contributed by atoms with Gasteiger partial charge in [-0.1, -0.05) is 6.07 Å². The summed E-state index contributed by atoms with van der Waals surface area (Å²) in [4.78, 5) is 26.5. The van der Waals surface area contributed by atoms with E-state index in [1.807, 2.05) is 0 Å². The van der Waals surface area contributed by atoms with E-state index < -0.39 is 12.0 Å². The second kappa shape index (κ2) is 7.39. The smallest absolute Gasteiger partial charge is 0.326 e. The van der Waals surface area contributed by atoms with Crippen molar-refractivity contribution in [2.75, 3.05) is 13.7 Å². The molecular weight excluding hydrogens is 236 g/mol. The van der Waals surface area contributed by atoms with Gasteiger partial charge >= 0.3 is 5.97 Å². The molecule has 0 aliphatic heterocycles. The van der Waals surface area contributed by atoms with Gasteiger partial charge in [-0.05, 0) is 12.1 Å². The predicted molar refractivity (Wildman–Crippen MR) is 64.0 cm³/mol. The Morgan fingerprint density at radius 3 is 2.83 bits per heavy atom. The number of nitrogens with one attached hydrogen (secondary N) is 1. The van der Waals surface area contributed by atoms with Crippen molar-refractivity contribution in [2.24, 2.45) is 0 Å². The Morgan fingerprint density at radius 1 is 1.50 bits per heavy atom. The SMILES string of the molecule is COCCC(NC(=O)Cc1ccccn1)C(=O)O. The van der Waals surface area contributed by atoms with E-state index in [1.165, 1.54) is 7.11 Å². The van der Waals surface area contributed by atoms with E-state index in [4.69, 9.17) is 9.84 Å². The summed E-state index contributed by atoms with van der Waals surface area (Å²) in [5, 5.41) is 11.4. The van der Waals surface area contributed by atoms with Crippen LogP contribution in [0, 0.1) is 0 Å². The monoisotopic (exact) mass is 252 g/mol. The predicted octanol–water partition coefficient (Wildman–Crippen LogP) is 0.230. The second-order valence-electron chi connectivity index (χ2n) is 3.74. The summed E-state index contributed by atoms with van der Waals surface area (Å²) >= 11 is 0. The number of ether oxygens (including phenoxy) is 1. The van der Waals surface area contributed by atoms with Crippen molar-refractivity contribution in [3.8, 4) is 0 Å². The summed E-state index contributed by atoms with van der Waals surface area (Å²) < 4.78 is 4.80. The molecule has 6 heteroatoms. The number of carbonyl (C=O) groups excluding carboxylic acids is 1. The number of methoxy groups -OCH3 is 1. The number of pyridine rings is 1. The number of aliphatic carboxylic acids is 1. The minimum Gasteiger partial charge on any atom is -0.480 e. The lowest BCUT2D eigenvalue weighted by atomic mass is 10.2. The summed E-state index contributed by atoms with van der Waals surface area (Å²) in [6, 6.07) is 4.31. The molecule has 1 aromatic heterocycles. The van der Waals surface area contributed by atoms with E-state index in [-0.39, 0.29) is 25.4 Å². The number of carbonyl (C=O) groups is 2. The van der Waals surface area contributed by atoms with Gasteiger partial charge in [0, 0.05) is 32.0 Å². The molecule has 0 aliphatic rings. The van der Waals surface area contributed by atoms with Gasteiger partial charge < -0.3 is 15.2 Å². The minimum atomic E-state index is -1.07. The number of amides is 1. The molecule has 0 spiro atoms. The van der Waals surface area contributed by atoms with Crippen LogP contribution in [0.5, 0.6) is 0 Å². The molecule has 0 fully saturated rings. The number of carboxylic acid groups (broad SMARTS) is 1. The van der Waals surface area contributed by atoms with E-state index in [0.717, 1.165) is 0 Å². The van der Waals surface area contributed by atoms with Crippen LogP contribution in [-0.2, 0) is 20.7 Å². The number of aromatic nitrogens is 1. The summed E-state index contributed by atoms with van der Waals surface area (Å²) in [6.45, 7) is 0.279. The summed E-state index contributed by atoms with van der Waals surface area (Å²) in [5.74, 6) is -1.43. The van der Waals surface area contributed by atoms with Crippen LogP contribution in [0.3, 0.4) is 0 Å². The van der Waals surface area contributed by atoms with Crippen LogP contribution in [0.1, 0.15) is 12.1 Å². The van der Waals surface area contributed by atoms with Crippen LogP contribution >= 0.6 is 0 Å². The number of rotatable bonds is 7. The first kappa shape index (κ1) is 14.1. The molecule has 0 aromatic carbocycles. The van der Waals surface area contributed by atoms with Crippen molar-refractivity contribution in [1.29, 1.82) is 0 Å². The summed E-state index contributed by atoms with van der Waals surface area (Å²) in [7, 11) is 1.48. The highest BCUT2D eigenvalue weighted by Gasteiger charge is 2.19. The molecule has 18 heavy (non-hydrogen) atoms. The highest BCUT2D eigenvalue weighted by molar-refractivity contribution is 5.84. The van der Waals surface area contributed by atoms with Crippen LogP contribution in [0.15, 0.2) is 24.4 Å². The fourth-order valence-corrected chi connectivity index (χ4v) is 1.41. The first-order chi connectivity index (χ1) is 8.63. The molecule has 1 amide bonds. The quantitative estimate of drug-likeness (QED) is 0.725. The van der Waals surface area contributed by atoms with E-state index in [2.05, 4.69) is 10.3 Å². The zero-order chi connectivity index (χ0) is 13.4. The van der Waals surface area contributed by atoms with Crippen LogP contribution < -0.4 is 5.32 Å². The molecule has 0 saturated carbocycles. The number of carboxylic acids is 1. The average Bonchev–Trinajstić information content (AvgIpc) is 2.35. The molecule has 0 bridgehead atoms. The molecule has 1 rings (SSSR count). The second-order valence-corrected chi connectivity index (χ2v) is 3.74. The minimum absolute atomic E-state index is 0.0671. The van der Waals surface area contributed by atoms with Gasteiger partial charge in [0.25, 0.3) is 0 Å². The van der Waals surface area contributed by atoms with Crippen molar-refractivity contribution in [3.05, 3.63) is 30.1 Å². The molecule has 98 valence electrons. The summed E-state index contributed by atoms with van der Waals surface area (Å²) in [6.07, 6.45) is 1.89. The highest BCUT2D eigenvalue weighted by Crippen LogP contribution is 1.98. The Kier molecular flexibility index (Phi) is 5.79. The summed E-state index contributed by atoms with van der Waals surface area (Å²) in [5.41, 5.74) is 0.603. The van der Waals surface area contributed by atoms with Gasteiger partial charge in [-0.3, -0.25) is 9.78 Å². The zero-order valence-corrected chi connectivity index (χ0v) is 10.1. The van der Waals surface area contributed by atoms with Crippen LogP contribution in [0.2, 0.25) is 0 Å². The maximum absolute atomic E-state index is 11.6. The first-order valence-electron chi connectivity index (χ1n) is 5.54. The number of hydrogen-bond acceptors (Lipinski definition) is 4. The van der Waals surface area contributed by atoms with Gasteiger partial charge in [-0.15, -0.1) is 0 Å². The molecule has 0 saturated heterocycles. The number of hydrogen-bond donors (Lipinski definition) is 2. The molecule has 0 aliphatic carbocycles. The largest absolute Gasteiger partial charge is 0.480 e. The third-order valence-corrected chi connectivity index (χ3v) is 2.31. The van der Waals surface area contributed by atoms with Crippen molar-refractivity contribution in [2.45, 2.75) is 18.9 Å². The number of nitrogens with zero attached hydrogens (tertiary/aromatic N) is 1.